The predicted octanol–water partition coefficient (Wildman–Crippen LogP) is 4.67. The molecule has 6 heteroatoms. The lowest BCUT2D eigenvalue weighted by Gasteiger charge is -2.20. The maximum absolute atomic E-state index is 12.3. The van der Waals surface area contributed by atoms with Gasteiger partial charge >= 0.3 is 0 Å². The summed E-state index contributed by atoms with van der Waals surface area (Å²) < 4.78 is 17.5. The van der Waals surface area contributed by atoms with E-state index in [2.05, 4.69) is 41.2 Å². The first-order valence-corrected chi connectivity index (χ1v) is 9.35. The lowest BCUT2D eigenvalue weighted by atomic mass is 10.0. The summed E-state index contributed by atoms with van der Waals surface area (Å²) >= 11 is 3.45. The van der Waals surface area contributed by atoms with Gasteiger partial charge in [-0.05, 0) is 46.0 Å². The van der Waals surface area contributed by atoms with Gasteiger partial charge in [-0.3, -0.25) is 4.79 Å². The normalized spacial score (nSPS) is 12.8. The Morgan fingerprint density at radius 1 is 1.19 bits per heavy atom. The molecule has 0 unspecified atom stereocenters. The van der Waals surface area contributed by atoms with Gasteiger partial charge in [0.25, 0.3) is 5.91 Å². The Labute approximate surface area is 161 Å². The second kappa shape index (κ2) is 7.99. The third-order valence-electron chi connectivity index (χ3n) is 4.14. The van der Waals surface area contributed by atoms with Crippen LogP contribution in [0.1, 0.15) is 30.9 Å². The Hall–Kier alpha value is -2.21. The van der Waals surface area contributed by atoms with Gasteiger partial charge in [-0.1, -0.05) is 26.0 Å². The molecule has 1 amide bonds. The van der Waals surface area contributed by atoms with E-state index in [1.807, 2.05) is 19.1 Å². The number of ether oxygens (including phenoxy) is 3. The molecule has 3 rings (SSSR count). The zero-order chi connectivity index (χ0) is 18.7. The van der Waals surface area contributed by atoms with Crippen molar-refractivity contribution in [3.8, 4) is 17.2 Å². The van der Waals surface area contributed by atoms with E-state index in [1.165, 1.54) is 5.56 Å². The molecule has 5 nitrogen and oxygen atoms in total. The van der Waals surface area contributed by atoms with Crippen LogP contribution < -0.4 is 19.5 Å². The number of amides is 1. The van der Waals surface area contributed by atoms with Crippen molar-refractivity contribution in [3.05, 3.63) is 45.9 Å². The van der Waals surface area contributed by atoms with Crippen LogP contribution in [0.5, 0.6) is 17.2 Å². The van der Waals surface area contributed by atoms with E-state index in [0.29, 0.717) is 36.3 Å². The fraction of sp³-hybridized carbons (Fsp3) is 0.350. The highest BCUT2D eigenvalue weighted by molar-refractivity contribution is 9.10. The molecule has 0 radical (unpaired) electrons. The van der Waals surface area contributed by atoms with Crippen molar-refractivity contribution in [3.63, 3.8) is 0 Å². The van der Waals surface area contributed by atoms with Crippen molar-refractivity contribution < 1.29 is 19.0 Å². The summed E-state index contributed by atoms with van der Waals surface area (Å²) in [5, 5.41) is 2.84. The molecule has 1 heterocycles. The minimum atomic E-state index is -0.239. The van der Waals surface area contributed by atoms with Crippen LogP contribution in [0, 0.1) is 6.92 Å². The number of aryl methyl sites for hydroxylation is 1. The summed E-state index contributed by atoms with van der Waals surface area (Å²) in [6.45, 7) is 7.17. The van der Waals surface area contributed by atoms with Crippen LogP contribution in [0.3, 0.4) is 0 Å². The van der Waals surface area contributed by atoms with E-state index in [-0.39, 0.29) is 12.5 Å². The Morgan fingerprint density at radius 3 is 2.58 bits per heavy atom. The Kier molecular flexibility index (Phi) is 5.71. The summed E-state index contributed by atoms with van der Waals surface area (Å²) in [5.41, 5.74) is 2.80. The molecule has 0 spiro atoms. The van der Waals surface area contributed by atoms with Crippen LogP contribution in [0.15, 0.2) is 34.8 Å². The number of benzene rings is 2. The average Bonchev–Trinajstić information content (AvgIpc) is 2.61. The molecule has 1 aliphatic heterocycles. The van der Waals surface area contributed by atoms with E-state index < -0.39 is 0 Å². The molecule has 0 saturated carbocycles. The van der Waals surface area contributed by atoms with Crippen LogP contribution in [0.4, 0.5) is 5.69 Å². The summed E-state index contributed by atoms with van der Waals surface area (Å²) in [7, 11) is 0. The molecule has 0 saturated heterocycles. The largest absolute Gasteiger partial charge is 0.486 e. The third-order valence-corrected chi connectivity index (χ3v) is 4.80. The monoisotopic (exact) mass is 419 g/mol. The quantitative estimate of drug-likeness (QED) is 0.764. The van der Waals surface area contributed by atoms with Crippen LogP contribution in [-0.2, 0) is 4.79 Å². The van der Waals surface area contributed by atoms with Crippen LogP contribution in [-0.4, -0.2) is 25.7 Å². The van der Waals surface area contributed by atoms with Crippen molar-refractivity contribution in [2.24, 2.45) is 0 Å². The molecule has 0 aliphatic carbocycles. The predicted molar refractivity (Wildman–Crippen MR) is 105 cm³/mol. The van der Waals surface area contributed by atoms with E-state index >= 15 is 0 Å². The number of rotatable bonds is 5. The second-order valence-corrected chi connectivity index (χ2v) is 7.35. The van der Waals surface area contributed by atoms with Crippen molar-refractivity contribution in [1.29, 1.82) is 0 Å². The van der Waals surface area contributed by atoms with Gasteiger partial charge in [0.05, 0.1) is 5.69 Å². The standard InChI is InChI=1S/C20H22BrNO4/c1-12(2)14-5-4-13(3)17(8-14)26-11-20(23)22-16-10-19-18(9-15(16)21)24-6-7-25-19/h4-5,8-10,12H,6-7,11H2,1-3H3,(H,22,23). The fourth-order valence-electron chi connectivity index (χ4n) is 2.62. The number of halogens is 1. The van der Waals surface area contributed by atoms with Crippen LogP contribution >= 0.6 is 15.9 Å². The number of fused-ring (bicyclic) bond motifs is 1. The third kappa shape index (κ3) is 4.30. The minimum absolute atomic E-state index is 0.0662. The zero-order valence-electron chi connectivity index (χ0n) is 15.1. The molecule has 2 aromatic rings. The highest BCUT2D eigenvalue weighted by atomic mass is 79.9. The summed E-state index contributed by atoms with van der Waals surface area (Å²) in [6.07, 6.45) is 0. The van der Waals surface area contributed by atoms with Crippen molar-refractivity contribution in [2.45, 2.75) is 26.7 Å². The lowest BCUT2D eigenvalue weighted by Crippen LogP contribution is -2.21. The van der Waals surface area contributed by atoms with Crippen LogP contribution in [0.25, 0.3) is 0 Å². The smallest absolute Gasteiger partial charge is 0.262 e. The molecule has 2 aromatic carbocycles. The van der Waals surface area contributed by atoms with E-state index in [4.69, 9.17) is 14.2 Å². The Balaban J connectivity index is 1.66. The summed E-state index contributed by atoms with van der Waals surface area (Å²) in [4.78, 5) is 12.3. The summed E-state index contributed by atoms with van der Waals surface area (Å²) in [5.74, 6) is 2.18. The van der Waals surface area contributed by atoms with Crippen molar-refractivity contribution in [2.75, 3.05) is 25.1 Å². The van der Waals surface area contributed by atoms with E-state index in [0.717, 1.165) is 15.8 Å². The fourth-order valence-corrected chi connectivity index (χ4v) is 3.04. The van der Waals surface area contributed by atoms with Gasteiger partial charge in [-0.25, -0.2) is 0 Å². The summed E-state index contributed by atoms with van der Waals surface area (Å²) in [6, 6.07) is 9.63. The molecular formula is C20H22BrNO4. The highest BCUT2D eigenvalue weighted by Crippen LogP contribution is 2.38. The SMILES string of the molecule is Cc1ccc(C(C)C)cc1OCC(=O)Nc1cc2c(cc1Br)OCCO2. The van der Waals surface area contributed by atoms with Gasteiger partial charge in [-0.2, -0.15) is 0 Å². The number of carbonyl (C=O) groups is 1. The minimum Gasteiger partial charge on any atom is -0.486 e. The highest BCUT2D eigenvalue weighted by Gasteiger charge is 2.16. The number of hydrogen-bond donors (Lipinski definition) is 1. The number of anilines is 1. The Morgan fingerprint density at radius 2 is 1.88 bits per heavy atom. The van der Waals surface area contributed by atoms with Gasteiger partial charge in [0, 0.05) is 16.6 Å². The molecule has 1 N–H and O–H groups in total. The van der Waals surface area contributed by atoms with E-state index in [9.17, 15) is 4.79 Å². The zero-order valence-corrected chi connectivity index (χ0v) is 16.7. The van der Waals surface area contributed by atoms with Crippen molar-refractivity contribution in [1.82, 2.24) is 0 Å². The molecule has 26 heavy (non-hydrogen) atoms. The maximum Gasteiger partial charge on any atom is 0.262 e. The first-order valence-electron chi connectivity index (χ1n) is 8.56. The molecule has 0 bridgehead atoms. The van der Waals surface area contributed by atoms with Gasteiger partial charge in [0.1, 0.15) is 19.0 Å². The first kappa shape index (κ1) is 18.6. The molecule has 0 atom stereocenters. The average molecular weight is 420 g/mol. The lowest BCUT2D eigenvalue weighted by molar-refractivity contribution is -0.118. The topological polar surface area (TPSA) is 56.8 Å². The van der Waals surface area contributed by atoms with Crippen molar-refractivity contribution >= 4 is 27.5 Å². The molecule has 0 fully saturated rings. The molecule has 1 aliphatic rings. The van der Waals surface area contributed by atoms with Gasteiger partial charge in [0.2, 0.25) is 0 Å². The maximum atomic E-state index is 12.3. The molecular weight excluding hydrogens is 398 g/mol. The number of hydrogen-bond acceptors (Lipinski definition) is 4. The van der Waals surface area contributed by atoms with Gasteiger partial charge < -0.3 is 19.5 Å². The van der Waals surface area contributed by atoms with E-state index in [1.54, 1.807) is 12.1 Å². The first-order chi connectivity index (χ1) is 12.4. The van der Waals surface area contributed by atoms with Gasteiger partial charge in [0.15, 0.2) is 18.1 Å². The molecule has 0 aromatic heterocycles. The van der Waals surface area contributed by atoms with Gasteiger partial charge in [-0.15, -0.1) is 0 Å². The Bertz CT molecular complexity index is 820. The molecule has 138 valence electrons. The second-order valence-electron chi connectivity index (χ2n) is 6.49. The number of nitrogens with one attached hydrogen (secondary N) is 1. The van der Waals surface area contributed by atoms with Crippen LogP contribution in [0.2, 0.25) is 0 Å². The number of carbonyl (C=O) groups excluding carboxylic acids is 1.